The molecule has 0 spiro atoms. The topological polar surface area (TPSA) is 126 Å². The second-order valence-electron chi connectivity index (χ2n) is 7.21. The maximum Gasteiger partial charge on any atom is 0.230 e. The molecule has 3 aromatic heterocycles. The Morgan fingerprint density at radius 2 is 2.06 bits per heavy atom. The Morgan fingerprint density at radius 1 is 1.26 bits per heavy atom. The molecule has 34 heavy (non-hydrogen) atoms. The minimum atomic E-state index is -3.46. The normalized spacial score (nSPS) is 12.7. The van der Waals surface area contributed by atoms with Gasteiger partial charge in [0, 0.05) is 29.0 Å². The van der Waals surface area contributed by atoms with Crippen LogP contribution in [0.2, 0.25) is 0 Å². The van der Waals surface area contributed by atoms with E-state index in [9.17, 15) is 8.60 Å². The zero-order valence-corrected chi connectivity index (χ0v) is 18.9. The first-order valence-electron chi connectivity index (χ1n) is 9.73. The van der Waals surface area contributed by atoms with Gasteiger partial charge in [-0.05, 0) is 37.1 Å². The van der Waals surface area contributed by atoms with Crippen LogP contribution in [0.1, 0.15) is 16.8 Å². The molecule has 0 aliphatic carbocycles. The molecule has 1 unspecified atom stereocenters. The van der Waals surface area contributed by atoms with Gasteiger partial charge in [-0.2, -0.15) is 10.4 Å². The van der Waals surface area contributed by atoms with Crippen LogP contribution in [-0.2, 0) is 16.3 Å². The van der Waals surface area contributed by atoms with E-state index >= 15 is 4.39 Å². The predicted molar refractivity (Wildman–Crippen MR) is 122 cm³/mol. The number of nitrogens with one attached hydrogen (secondary N) is 2. The summed E-state index contributed by atoms with van der Waals surface area (Å²) >= 11 is 0. The van der Waals surface area contributed by atoms with E-state index in [4.69, 9.17) is 14.7 Å². The molecule has 0 fully saturated rings. The lowest BCUT2D eigenvalue weighted by molar-refractivity contribution is 0.274. The number of rotatable bonds is 7. The first kappa shape index (κ1) is 22.9. The molecule has 2 N–H and O–H groups in total. The Labute approximate surface area is 193 Å². The second-order valence-corrected chi connectivity index (χ2v) is 9.21. The van der Waals surface area contributed by atoms with E-state index in [0.29, 0.717) is 11.2 Å². The SMILES string of the molecule is C=S(=O)(Nc1ccc(F)c(OCc2cnc3n[nH]c(C)c3c2)c1F)c1cc(C#N)cnc1OC. The molecule has 4 aromatic rings. The fourth-order valence-electron chi connectivity index (χ4n) is 3.16. The number of hydrogen-bond donors (Lipinski definition) is 2. The van der Waals surface area contributed by atoms with Crippen LogP contribution in [0.5, 0.6) is 11.6 Å². The molecule has 0 saturated carbocycles. The van der Waals surface area contributed by atoms with Gasteiger partial charge in [-0.25, -0.2) is 23.0 Å². The van der Waals surface area contributed by atoms with E-state index in [2.05, 4.69) is 30.8 Å². The third-order valence-corrected chi connectivity index (χ3v) is 6.41. The van der Waals surface area contributed by atoms with Gasteiger partial charge in [-0.15, -0.1) is 0 Å². The quantitative estimate of drug-likeness (QED) is 0.385. The molecule has 0 radical (unpaired) electrons. The standard InChI is InChI=1S/C22H18F2N6O3S/c1-12-15-6-14(10-26-21(15)29-28-12)11-33-20-16(23)4-5-17(19(20)24)30-34(3,31)18-7-13(8-25)9-27-22(18)32-2/h4-7,9-10H,3,11H2,1-2H3,(H,30,31)(H,26,28,29). The minimum Gasteiger partial charge on any atom is -0.483 e. The van der Waals surface area contributed by atoms with Gasteiger partial charge >= 0.3 is 0 Å². The van der Waals surface area contributed by atoms with Gasteiger partial charge in [-0.3, -0.25) is 5.10 Å². The summed E-state index contributed by atoms with van der Waals surface area (Å²) in [5, 5.41) is 16.7. The molecule has 1 atom stereocenters. The van der Waals surface area contributed by atoms with E-state index in [0.717, 1.165) is 23.2 Å². The summed E-state index contributed by atoms with van der Waals surface area (Å²) in [7, 11) is -2.16. The molecule has 174 valence electrons. The van der Waals surface area contributed by atoms with Gasteiger partial charge in [0.1, 0.15) is 17.6 Å². The van der Waals surface area contributed by atoms with Crippen molar-refractivity contribution in [3.8, 4) is 17.7 Å². The van der Waals surface area contributed by atoms with Crippen LogP contribution in [0.15, 0.2) is 41.6 Å². The van der Waals surface area contributed by atoms with Crippen LogP contribution >= 0.6 is 0 Å². The summed E-state index contributed by atoms with van der Waals surface area (Å²) in [4.78, 5) is 8.06. The monoisotopic (exact) mass is 484 g/mol. The maximum atomic E-state index is 15.2. The smallest absolute Gasteiger partial charge is 0.230 e. The van der Waals surface area contributed by atoms with E-state index in [1.165, 1.54) is 25.6 Å². The summed E-state index contributed by atoms with van der Waals surface area (Å²) in [6.07, 6.45) is 2.73. The number of fused-ring (bicyclic) bond motifs is 1. The number of nitrogens with zero attached hydrogens (tertiary/aromatic N) is 4. The van der Waals surface area contributed by atoms with E-state index in [-0.39, 0.29) is 28.6 Å². The predicted octanol–water partition coefficient (Wildman–Crippen LogP) is 3.50. The number of aromatic nitrogens is 4. The number of pyridine rings is 2. The lowest BCUT2D eigenvalue weighted by atomic mass is 10.2. The number of benzene rings is 1. The number of aryl methyl sites for hydroxylation is 1. The number of halogens is 2. The molecule has 3 heterocycles. The molecular weight excluding hydrogens is 466 g/mol. The zero-order chi connectivity index (χ0) is 24.5. The highest BCUT2D eigenvalue weighted by molar-refractivity contribution is 8.01. The Kier molecular flexibility index (Phi) is 6.04. The summed E-state index contributed by atoms with van der Waals surface area (Å²) in [6, 6.07) is 6.94. The van der Waals surface area contributed by atoms with E-state index < -0.39 is 27.1 Å². The van der Waals surface area contributed by atoms with Crippen molar-refractivity contribution in [1.82, 2.24) is 20.2 Å². The number of hydrogen-bond acceptors (Lipinski definition) is 7. The highest BCUT2D eigenvalue weighted by Gasteiger charge is 2.21. The van der Waals surface area contributed by atoms with Gasteiger partial charge in [-0.1, -0.05) is 0 Å². The number of ether oxygens (including phenoxy) is 2. The van der Waals surface area contributed by atoms with Crippen LogP contribution in [0.25, 0.3) is 11.0 Å². The minimum absolute atomic E-state index is 0.0462. The van der Waals surface area contributed by atoms with Crippen molar-refractivity contribution in [2.24, 2.45) is 0 Å². The van der Waals surface area contributed by atoms with Crippen LogP contribution in [0, 0.1) is 29.9 Å². The van der Waals surface area contributed by atoms with Gasteiger partial charge < -0.3 is 14.2 Å². The highest BCUT2D eigenvalue weighted by Crippen LogP contribution is 2.32. The van der Waals surface area contributed by atoms with Crippen molar-refractivity contribution < 1.29 is 22.5 Å². The van der Waals surface area contributed by atoms with Crippen LogP contribution in [0.4, 0.5) is 14.5 Å². The molecule has 0 bridgehead atoms. The van der Waals surface area contributed by atoms with Crippen molar-refractivity contribution in [3.63, 3.8) is 0 Å². The molecule has 0 saturated heterocycles. The fourth-order valence-corrected chi connectivity index (χ4v) is 4.51. The first-order valence-corrected chi connectivity index (χ1v) is 11.5. The summed E-state index contributed by atoms with van der Waals surface area (Å²) in [5.74, 6) is 0.838. The largest absolute Gasteiger partial charge is 0.483 e. The molecule has 1 aromatic carbocycles. The second kappa shape index (κ2) is 8.95. The van der Waals surface area contributed by atoms with Crippen molar-refractivity contribution in [2.45, 2.75) is 18.4 Å². The van der Waals surface area contributed by atoms with Gasteiger partial charge in [0.15, 0.2) is 23.0 Å². The molecule has 4 rings (SSSR count). The van der Waals surface area contributed by atoms with Gasteiger partial charge in [0.05, 0.1) is 28.1 Å². The number of H-pyrrole nitrogens is 1. The zero-order valence-electron chi connectivity index (χ0n) is 18.1. The van der Waals surface area contributed by atoms with Crippen LogP contribution in [0.3, 0.4) is 0 Å². The number of methoxy groups -OCH3 is 1. The highest BCUT2D eigenvalue weighted by atomic mass is 32.2. The molecule has 0 amide bonds. The summed E-state index contributed by atoms with van der Waals surface area (Å²) in [6.45, 7) is 1.65. The van der Waals surface area contributed by atoms with Crippen molar-refractivity contribution in [3.05, 3.63) is 65.1 Å². The van der Waals surface area contributed by atoms with E-state index in [1.54, 1.807) is 6.07 Å². The Bertz CT molecular complexity index is 1550. The average Bonchev–Trinajstić information content (AvgIpc) is 3.20. The number of anilines is 1. The van der Waals surface area contributed by atoms with Gasteiger partial charge in [0.25, 0.3) is 0 Å². The Hall–Kier alpha value is -4.24. The van der Waals surface area contributed by atoms with Crippen molar-refractivity contribution in [2.75, 3.05) is 11.8 Å². The summed E-state index contributed by atoms with van der Waals surface area (Å²) < 4.78 is 55.8. The first-order chi connectivity index (χ1) is 16.2. The third kappa shape index (κ3) is 4.33. The molecule has 0 aliphatic heterocycles. The summed E-state index contributed by atoms with van der Waals surface area (Å²) in [5.41, 5.74) is 1.67. The number of aromatic amines is 1. The average molecular weight is 484 g/mol. The lowest BCUT2D eigenvalue weighted by Crippen LogP contribution is -2.16. The molecular formula is C22H18F2N6O3S. The van der Waals surface area contributed by atoms with Crippen LogP contribution < -0.4 is 14.2 Å². The lowest BCUT2D eigenvalue weighted by Gasteiger charge is -2.17. The maximum absolute atomic E-state index is 15.2. The molecule has 0 aliphatic rings. The van der Waals surface area contributed by atoms with Crippen molar-refractivity contribution >= 4 is 32.3 Å². The van der Waals surface area contributed by atoms with Gasteiger partial charge in [0.2, 0.25) is 5.88 Å². The molecule has 12 heteroatoms. The Morgan fingerprint density at radius 3 is 2.79 bits per heavy atom. The van der Waals surface area contributed by atoms with Crippen molar-refractivity contribution in [1.29, 1.82) is 5.26 Å². The molecule has 9 nitrogen and oxygen atoms in total. The third-order valence-electron chi connectivity index (χ3n) is 4.86. The van der Waals surface area contributed by atoms with Crippen LogP contribution in [-0.4, -0.2) is 37.4 Å². The number of nitriles is 1. The Balaban J connectivity index is 1.62. The van der Waals surface area contributed by atoms with E-state index in [1.807, 2.05) is 13.0 Å². The fraction of sp³-hybridized carbons (Fsp3) is 0.136.